The van der Waals surface area contributed by atoms with Gasteiger partial charge in [0.15, 0.2) is 6.61 Å². The molecule has 1 aliphatic rings. The van der Waals surface area contributed by atoms with Gasteiger partial charge in [0.25, 0.3) is 5.91 Å². The van der Waals surface area contributed by atoms with E-state index in [1.807, 2.05) is 47.4 Å². The lowest BCUT2D eigenvalue weighted by Crippen LogP contribution is -2.42. The van der Waals surface area contributed by atoms with E-state index >= 15 is 0 Å². The lowest BCUT2D eigenvalue weighted by Gasteiger charge is -2.32. The van der Waals surface area contributed by atoms with Crippen LogP contribution in [0.4, 0.5) is 0 Å². The molecule has 0 atom stereocenters. The molecule has 30 heavy (non-hydrogen) atoms. The molecule has 0 aromatic heterocycles. The standard InChI is InChI=1S/C25H33ClN2O2/c1-3-21-5-4-6-24(17-21)30-19-25(29)28(18-22-7-9-23(26)10-8-22)16-15-27-13-11-20(2)12-14-27/h4-10,17,20H,3,11-16,18-19H2,1-2H3. The van der Waals surface area contributed by atoms with E-state index in [9.17, 15) is 4.79 Å². The number of nitrogens with zero attached hydrogens (tertiary/aromatic N) is 2. The molecule has 1 heterocycles. The molecular weight excluding hydrogens is 396 g/mol. The summed E-state index contributed by atoms with van der Waals surface area (Å²) in [4.78, 5) is 17.4. The maximum atomic E-state index is 13.0. The van der Waals surface area contributed by atoms with E-state index in [1.54, 1.807) is 0 Å². The van der Waals surface area contributed by atoms with Crippen molar-refractivity contribution in [1.82, 2.24) is 9.80 Å². The largest absolute Gasteiger partial charge is 0.484 e. The first kappa shape index (κ1) is 22.6. The fourth-order valence-corrected chi connectivity index (χ4v) is 3.87. The number of rotatable bonds is 9. The number of likely N-dealkylation sites (tertiary alicyclic amines) is 1. The van der Waals surface area contributed by atoms with Crippen molar-refractivity contribution in [1.29, 1.82) is 0 Å². The third-order valence-corrected chi connectivity index (χ3v) is 6.12. The first-order valence-corrected chi connectivity index (χ1v) is 11.4. The van der Waals surface area contributed by atoms with Gasteiger partial charge in [-0.3, -0.25) is 4.79 Å². The summed E-state index contributed by atoms with van der Waals surface area (Å²) < 4.78 is 5.83. The lowest BCUT2D eigenvalue weighted by molar-refractivity contribution is -0.134. The molecule has 2 aromatic carbocycles. The summed E-state index contributed by atoms with van der Waals surface area (Å²) in [6.45, 7) is 8.88. The van der Waals surface area contributed by atoms with E-state index in [4.69, 9.17) is 16.3 Å². The molecule has 2 aromatic rings. The zero-order chi connectivity index (χ0) is 21.3. The molecule has 0 bridgehead atoms. The van der Waals surface area contributed by atoms with Crippen LogP contribution in [0.15, 0.2) is 48.5 Å². The minimum absolute atomic E-state index is 0.0113. The summed E-state index contributed by atoms with van der Waals surface area (Å²) in [5.41, 5.74) is 2.28. The van der Waals surface area contributed by atoms with Crippen LogP contribution in [0.25, 0.3) is 0 Å². The molecule has 0 spiro atoms. The SMILES string of the molecule is CCc1cccc(OCC(=O)N(CCN2CCC(C)CC2)Cc2ccc(Cl)cc2)c1. The number of benzene rings is 2. The molecule has 0 unspecified atom stereocenters. The number of aryl methyl sites for hydroxylation is 1. The topological polar surface area (TPSA) is 32.8 Å². The van der Waals surface area contributed by atoms with Crippen LogP contribution in [0, 0.1) is 5.92 Å². The Hall–Kier alpha value is -2.04. The Morgan fingerprint density at radius 3 is 2.57 bits per heavy atom. The highest BCUT2D eigenvalue weighted by atomic mass is 35.5. The average Bonchev–Trinajstić information content (AvgIpc) is 2.77. The highest BCUT2D eigenvalue weighted by Crippen LogP contribution is 2.17. The predicted octanol–water partition coefficient (Wildman–Crippen LogP) is 5.04. The Bertz CT molecular complexity index is 801. The second-order valence-corrected chi connectivity index (χ2v) is 8.69. The van der Waals surface area contributed by atoms with Crippen LogP contribution in [0.2, 0.25) is 5.02 Å². The van der Waals surface area contributed by atoms with E-state index in [0.717, 1.165) is 43.3 Å². The molecule has 1 amide bonds. The summed E-state index contributed by atoms with van der Waals surface area (Å²) >= 11 is 6.02. The van der Waals surface area contributed by atoms with Gasteiger partial charge in [-0.25, -0.2) is 0 Å². The third-order valence-electron chi connectivity index (χ3n) is 5.87. The predicted molar refractivity (Wildman–Crippen MR) is 123 cm³/mol. The Morgan fingerprint density at radius 2 is 1.87 bits per heavy atom. The molecule has 5 heteroatoms. The van der Waals surface area contributed by atoms with Crippen molar-refractivity contribution in [3.8, 4) is 5.75 Å². The number of ether oxygens (including phenoxy) is 1. The fourth-order valence-electron chi connectivity index (χ4n) is 3.74. The summed E-state index contributed by atoms with van der Waals surface area (Å²) in [5.74, 6) is 1.57. The lowest BCUT2D eigenvalue weighted by atomic mass is 9.99. The van der Waals surface area contributed by atoms with Gasteiger partial charge in [-0.15, -0.1) is 0 Å². The van der Waals surface area contributed by atoms with Crippen LogP contribution < -0.4 is 4.74 Å². The van der Waals surface area contributed by atoms with Crippen molar-refractivity contribution in [2.24, 2.45) is 5.92 Å². The van der Waals surface area contributed by atoms with Crippen molar-refractivity contribution in [2.75, 3.05) is 32.8 Å². The summed E-state index contributed by atoms with van der Waals surface area (Å²) in [6.07, 6.45) is 3.42. The van der Waals surface area contributed by atoms with Gasteiger partial charge in [0, 0.05) is 24.7 Å². The van der Waals surface area contributed by atoms with Gasteiger partial charge in [-0.05, 0) is 73.7 Å². The van der Waals surface area contributed by atoms with Crippen molar-refractivity contribution in [2.45, 2.75) is 39.7 Å². The molecule has 162 valence electrons. The quantitative estimate of drug-likeness (QED) is 0.560. The normalized spacial score (nSPS) is 15.2. The van der Waals surface area contributed by atoms with Gasteiger partial charge in [0.2, 0.25) is 0 Å². The van der Waals surface area contributed by atoms with Crippen molar-refractivity contribution < 1.29 is 9.53 Å². The Morgan fingerprint density at radius 1 is 1.13 bits per heavy atom. The fraction of sp³-hybridized carbons (Fsp3) is 0.480. The Balaban J connectivity index is 1.60. The smallest absolute Gasteiger partial charge is 0.260 e. The van der Waals surface area contributed by atoms with Crippen LogP contribution in [0.1, 0.15) is 37.8 Å². The maximum absolute atomic E-state index is 13.0. The Kier molecular flexibility index (Phi) is 8.59. The second-order valence-electron chi connectivity index (χ2n) is 8.26. The number of carbonyl (C=O) groups excluding carboxylic acids is 1. The van der Waals surface area contributed by atoms with Gasteiger partial charge < -0.3 is 14.5 Å². The first-order valence-electron chi connectivity index (χ1n) is 11.0. The second kappa shape index (κ2) is 11.4. The van der Waals surface area contributed by atoms with Gasteiger partial charge >= 0.3 is 0 Å². The number of halogens is 1. The van der Waals surface area contributed by atoms with Crippen molar-refractivity contribution in [3.05, 3.63) is 64.7 Å². The molecule has 1 saturated heterocycles. The minimum atomic E-state index is 0.0113. The van der Waals surface area contributed by atoms with E-state index in [2.05, 4.69) is 24.8 Å². The summed E-state index contributed by atoms with van der Waals surface area (Å²) in [5, 5.41) is 0.707. The molecule has 0 N–H and O–H groups in total. The van der Waals surface area contributed by atoms with Crippen LogP contribution in [0.5, 0.6) is 5.75 Å². The van der Waals surface area contributed by atoms with E-state index in [-0.39, 0.29) is 12.5 Å². The van der Waals surface area contributed by atoms with Crippen LogP contribution in [0.3, 0.4) is 0 Å². The van der Waals surface area contributed by atoms with Crippen LogP contribution in [-0.2, 0) is 17.8 Å². The molecule has 1 aliphatic heterocycles. The average molecular weight is 429 g/mol. The van der Waals surface area contributed by atoms with Gasteiger partial charge in [-0.1, -0.05) is 49.7 Å². The highest BCUT2D eigenvalue weighted by Gasteiger charge is 2.19. The molecule has 1 fully saturated rings. The number of hydrogen-bond donors (Lipinski definition) is 0. The van der Waals surface area contributed by atoms with Gasteiger partial charge in [-0.2, -0.15) is 0 Å². The number of piperidine rings is 1. The zero-order valence-electron chi connectivity index (χ0n) is 18.1. The zero-order valence-corrected chi connectivity index (χ0v) is 18.9. The summed E-state index contributed by atoms with van der Waals surface area (Å²) in [7, 11) is 0. The highest BCUT2D eigenvalue weighted by molar-refractivity contribution is 6.30. The third kappa shape index (κ3) is 7.03. The molecule has 0 radical (unpaired) electrons. The summed E-state index contributed by atoms with van der Waals surface area (Å²) in [6, 6.07) is 15.7. The minimum Gasteiger partial charge on any atom is -0.484 e. The monoisotopic (exact) mass is 428 g/mol. The first-order chi connectivity index (χ1) is 14.5. The van der Waals surface area contributed by atoms with E-state index < -0.39 is 0 Å². The van der Waals surface area contributed by atoms with Gasteiger partial charge in [0.1, 0.15) is 5.75 Å². The van der Waals surface area contributed by atoms with Crippen molar-refractivity contribution in [3.63, 3.8) is 0 Å². The number of amides is 1. The molecule has 0 saturated carbocycles. The maximum Gasteiger partial charge on any atom is 0.260 e. The van der Waals surface area contributed by atoms with E-state index in [1.165, 1.54) is 18.4 Å². The van der Waals surface area contributed by atoms with Crippen molar-refractivity contribution >= 4 is 17.5 Å². The Labute approximate surface area is 185 Å². The van der Waals surface area contributed by atoms with Crippen LogP contribution in [-0.4, -0.2) is 48.5 Å². The molecule has 4 nitrogen and oxygen atoms in total. The molecule has 3 rings (SSSR count). The molecular formula is C25H33ClN2O2. The number of hydrogen-bond acceptors (Lipinski definition) is 3. The van der Waals surface area contributed by atoms with Crippen LogP contribution >= 0.6 is 11.6 Å². The van der Waals surface area contributed by atoms with E-state index in [0.29, 0.717) is 18.1 Å². The van der Waals surface area contributed by atoms with Gasteiger partial charge in [0.05, 0.1) is 0 Å². The number of carbonyl (C=O) groups is 1. The molecule has 0 aliphatic carbocycles.